The van der Waals surface area contributed by atoms with Gasteiger partial charge in [0.25, 0.3) is 0 Å². The van der Waals surface area contributed by atoms with Gasteiger partial charge >= 0.3 is 0 Å². The third kappa shape index (κ3) is 4.40. The monoisotopic (exact) mass is 334 g/mol. The number of hydrogen-bond acceptors (Lipinski definition) is 1. The first-order chi connectivity index (χ1) is 11.7. The number of halogens is 1. The molecule has 118 valence electrons. The molecule has 2 aromatic carbocycles. The third-order valence-corrected chi connectivity index (χ3v) is 3.91. The van der Waals surface area contributed by atoms with Gasteiger partial charge in [0, 0.05) is 28.6 Å². The Bertz CT molecular complexity index is 855. The van der Waals surface area contributed by atoms with E-state index in [1.807, 2.05) is 41.2 Å². The number of hydrogen-bond donors (Lipinski definition) is 0. The predicted molar refractivity (Wildman–Crippen MR) is 97.0 cm³/mol. The molecule has 0 N–H and O–H groups in total. The standard InChI is InChI=1S/C21H17ClNO/c22-20-10-8-19(9-11-20)21(24)12-14-23-13-4-7-18(16-23)15-17-5-2-1-3-6-17/h1-14,16H,15H2/q+1. The summed E-state index contributed by atoms with van der Waals surface area (Å²) in [6.45, 7) is 0. The minimum absolute atomic E-state index is 0.0485. The summed E-state index contributed by atoms with van der Waals surface area (Å²) in [5, 5.41) is 0.624. The number of carbonyl (C=O) groups excluding carboxylic acids is 1. The van der Waals surface area contributed by atoms with Crippen LogP contribution in [0.5, 0.6) is 0 Å². The maximum absolute atomic E-state index is 12.2. The Hall–Kier alpha value is -2.71. The topological polar surface area (TPSA) is 20.9 Å². The van der Waals surface area contributed by atoms with Crippen LogP contribution in [0.2, 0.25) is 5.02 Å². The van der Waals surface area contributed by atoms with Crippen LogP contribution in [0.3, 0.4) is 0 Å². The molecule has 1 heterocycles. The molecule has 1 aromatic heterocycles. The first-order valence-corrected chi connectivity index (χ1v) is 8.10. The molecule has 0 saturated heterocycles. The second-order valence-electron chi connectivity index (χ2n) is 5.51. The lowest BCUT2D eigenvalue weighted by molar-refractivity contribution is -0.568. The molecule has 24 heavy (non-hydrogen) atoms. The van der Waals surface area contributed by atoms with E-state index in [0.717, 1.165) is 6.42 Å². The highest BCUT2D eigenvalue weighted by Crippen LogP contribution is 2.10. The van der Waals surface area contributed by atoms with Crippen molar-refractivity contribution < 1.29 is 9.36 Å². The Morgan fingerprint density at radius 2 is 1.62 bits per heavy atom. The van der Waals surface area contributed by atoms with Crippen LogP contribution >= 0.6 is 11.6 Å². The molecule has 0 saturated carbocycles. The van der Waals surface area contributed by atoms with Gasteiger partial charge in [0.05, 0.1) is 6.08 Å². The van der Waals surface area contributed by atoms with Crippen molar-refractivity contribution in [3.05, 3.63) is 107 Å². The number of aromatic nitrogens is 1. The van der Waals surface area contributed by atoms with E-state index in [9.17, 15) is 4.79 Å². The number of rotatable bonds is 5. The van der Waals surface area contributed by atoms with E-state index in [0.29, 0.717) is 10.6 Å². The average molecular weight is 335 g/mol. The maximum Gasteiger partial charge on any atom is 0.191 e. The number of ketones is 1. The molecule has 3 rings (SSSR count). The molecule has 0 unspecified atom stereocenters. The average Bonchev–Trinajstić information content (AvgIpc) is 2.61. The lowest BCUT2D eigenvalue weighted by Gasteiger charge is -1.99. The fraction of sp³-hybridized carbons (Fsp3) is 0.0476. The maximum atomic E-state index is 12.2. The molecule has 0 aliphatic rings. The Kier molecular flexibility index (Phi) is 5.19. The smallest absolute Gasteiger partial charge is 0.191 e. The van der Waals surface area contributed by atoms with Crippen molar-refractivity contribution in [1.29, 1.82) is 0 Å². The third-order valence-electron chi connectivity index (χ3n) is 3.66. The predicted octanol–water partition coefficient (Wildman–Crippen LogP) is 4.57. The molecule has 0 radical (unpaired) electrons. The van der Waals surface area contributed by atoms with Gasteiger partial charge in [-0.3, -0.25) is 4.79 Å². The van der Waals surface area contributed by atoms with Gasteiger partial charge in [-0.05, 0) is 35.9 Å². The molecule has 3 aromatic rings. The second kappa shape index (κ2) is 7.71. The minimum atomic E-state index is -0.0485. The van der Waals surface area contributed by atoms with E-state index >= 15 is 0 Å². The van der Waals surface area contributed by atoms with E-state index in [-0.39, 0.29) is 5.78 Å². The van der Waals surface area contributed by atoms with Crippen molar-refractivity contribution in [2.24, 2.45) is 0 Å². The Morgan fingerprint density at radius 3 is 2.38 bits per heavy atom. The summed E-state index contributed by atoms with van der Waals surface area (Å²) in [6, 6.07) is 21.3. The Morgan fingerprint density at radius 1 is 0.917 bits per heavy atom. The highest BCUT2D eigenvalue weighted by molar-refractivity contribution is 6.30. The first-order valence-electron chi connectivity index (χ1n) is 7.72. The molecular weight excluding hydrogens is 318 g/mol. The Labute approximate surface area is 146 Å². The first kappa shape index (κ1) is 16.2. The van der Waals surface area contributed by atoms with E-state index < -0.39 is 0 Å². The van der Waals surface area contributed by atoms with Gasteiger partial charge in [-0.1, -0.05) is 41.9 Å². The largest absolute Gasteiger partial charge is 0.289 e. The number of carbonyl (C=O) groups is 1. The summed E-state index contributed by atoms with van der Waals surface area (Å²) in [5.74, 6) is -0.0485. The normalized spacial score (nSPS) is 10.9. The Balaban J connectivity index is 1.72. The summed E-state index contributed by atoms with van der Waals surface area (Å²) < 4.78 is 1.89. The van der Waals surface area contributed by atoms with Crippen molar-refractivity contribution in [3.63, 3.8) is 0 Å². The fourth-order valence-corrected chi connectivity index (χ4v) is 2.56. The SMILES string of the molecule is O=C(C=C[n+]1cccc(Cc2ccccc2)c1)c1ccc(Cl)cc1. The van der Waals surface area contributed by atoms with Crippen LogP contribution in [0, 0.1) is 0 Å². The molecule has 3 heteroatoms. The molecule has 0 fully saturated rings. The van der Waals surface area contributed by atoms with Crippen molar-refractivity contribution in [1.82, 2.24) is 0 Å². The molecule has 0 amide bonds. The second-order valence-corrected chi connectivity index (χ2v) is 5.95. The van der Waals surface area contributed by atoms with Gasteiger partial charge in [-0.25, -0.2) is 0 Å². The van der Waals surface area contributed by atoms with Gasteiger partial charge in [0.15, 0.2) is 24.4 Å². The zero-order chi connectivity index (χ0) is 16.8. The lowest BCUT2D eigenvalue weighted by atomic mass is 10.1. The quantitative estimate of drug-likeness (QED) is 0.380. The summed E-state index contributed by atoms with van der Waals surface area (Å²) in [6.07, 6.45) is 8.14. The number of allylic oxidation sites excluding steroid dienone is 1. The fourth-order valence-electron chi connectivity index (χ4n) is 2.44. The zero-order valence-corrected chi connectivity index (χ0v) is 13.9. The number of nitrogens with zero attached hydrogens (tertiary/aromatic N) is 1. The molecule has 2 nitrogen and oxygen atoms in total. The van der Waals surface area contributed by atoms with E-state index in [4.69, 9.17) is 11.6 Å². The highest BCUT2D eigenvalue weighted by atomic mass is 35.5. The van der Waals surface area contributed by atoms with E-state index in [1.54, 1.807) is 36.5 Å². The molecule has 0 aliphatic carbocycles. The van der Waals surface area contributed by atoms with E-state index in [2.05, 4.69) is 18.2 Å². The molecule has 0 aliphatic heterocycles. The van der Waals surface area contributed by atoms with Crippen LogP contribution in [0.1, 0.15) is 21.5 Å². The zero-order valence-electron chi connectivity index (χ0n) is 13.1. The molecule has 0 bridgehead atoms. The summed E-state index contributed by atoms with van der Waals surface area (Å²) in [5.41, 5.74) is 3.07. The van der Waals surface area contributed by atoms with Crippen LogP contribution in [-0.2, 0) is 6.42 Å². The van der Waals surface area contributed by atoms with Crippen LogP contribution in [0.15, 0.2) is 85.2 Å². The van der Waals surface area contributed by atoms with Gasteiger partial charge in [-0.15, -0.1) is 0 Å². The number of benzene rings is 2. The van der Waals surface area contributed by atoms with Crippen LogP contribution in [0.4, 0.5) is 0 Å². The lowest BCUT2D eigenvalue weighted by Crippen LogP contribution is -2.25. The van der Waals surface area contributed by atoms with Crippen molar-refractivity contribution in [3.8, 4) is 0 Å². The minimum Gasteiger partial charge on any atom is -0.289 e. The molecule has 0 spiro atoms. The summed E-state index contributed by atoms with van der Waals surface area (Å²) >= 11 is 5.84. The van der Waals surface area contributed by atoms with Crippen LogP contribution in [-0.4, -0.2) is 5.78 Å². The van der Waals surface area contributed by atoms with Crippen LogP contribution in [0.25, 0.3) is 6.20 Å². The van der Waals surface area contributed by atoms with Gasteiger partial charge < -0.3 is 0 Å². The molecule has 0 atom stereocenters. The van der Waals surface area contributed by atoms with Crippen molar-refractivity contribution in [2.75, 3.05) is 0 Å². The van der Waals surface area contributed by atoms with E-state index in [1.165, 1.54) is 11.1 Å². The van der Waals surface area contributed by atoms with Gasteiger partial charge in [-0.2, -0.15) is 4.57 Å². The van der Waals surface area contributed by atoms with Crippen molar-refractivity contribution in [2.45, 2.75) is 6.42 Å². The number of pyridine rings is 1. The molecular formula is C21H17ClNO+. The van der Waals surface area contributed by atoms with Crippen molar-refractivity contribution >= 4 is 23.6 Å². The summed E-state index contributed by atoms with van der Waals surface area (Å²) in [4.78, 5) is 12.2. The highest BCUT2D eigenvalue weighted by Gasteiger charge is 2.05. The van der Waals surface area contributed by atoms with Gasteiger partial charge in [0.2, 0.25) is 0 Å². The summed E-state index contributed by atoms with van der Waals surface area (Å²) in [7, 11) is 0. The van der Waals surface area contributed by atoms with Crippen LogP contribution < -0.4 is 4.57 Å². The van der Waals surface area contributed by atoms with Gasteiger partial charge in [0.1, 0.15) is 0 Å².